The summed E-state index contributed by atoms with van der Waals surface area (Å²) in [6.45, 7) is 1.65. The van der Waals surface area contributed by atoms with Gasteiger partial charge in [0, 0.05) is 12.6 Å². The number of hydrogen-bond acceptors (Lipinski definition) is 3. The van der Waals surface area contributed by atoms with E-state index < -0.39 is 5.97 Å². The first kappa shape index (κ1) is 14.0. The Hall–Kier alpha value is -2.04. The Kier molecular flexibility index (Phi) is 4.71. The fourth-order valence-corrected chi connectivity index (χ4v) is 1.68. The molecule has 1 aromatic carbocycles. The van der Waals surface area contributed by atoms with Crippen molar-refractivity contribution in [2.45, 2.75) is 13.3 Å². The van der Waals surface area contributed by atoms with Crippen LogP contribution >= 0.6 is 0 Å². The number of nitrogens with zero attached hydrogens (tertiary/aromatic N) is 1. The minimum atomic E-state index is -1.03. The van der Waals surface area contributed by atoms with Crippen molar-refractivity contribution in [3.05, 3.63) is 29.3 Å². The monoisotopic (exact) mass is 251 g/mol. The van der Waals surface area contributed by atoms with Crippen molar-refractivity contribution in [1.82, 2.24) is 4.90 Å². The Morgan fingerprint density at radius 3 is 2.56 bits per heavy atom. The molecule has 0 saturated carbocycles. The predicted octanol–water partition coefficient (Wildman–Crippen LogP) is 1.41. The van der Waals surface area contributed by atoms with Crippen LogP contribution in [0.15, 0.2) is 18.2 Å². The van der Waals surface area contributed by atoms with Crippen molar-refractivity contribution in [1.29, 1.82) is 0 Å². The number of carbonyl (C=O) groups excluding carboxylic acids is 1. The summed E-state index contributed by atoms with van der Waals surface area (Å²) in [6, 6.07) is 5.10. The van der Waals surface area contributed by atoms with Crippen LogP contribution in [0.3, 0.4) is 0 Å². The van der Waals surface area contributed by atoms with Crippen molar-refractivity contribution < 1.29 is 19.4 Å². The summed E-state index contributed by atoms with van der Waals surface area (Å²) in [5.74, 6) is -0.611. The number of carboxylic acid groups (broad SMARTS) is 1. The number of carbonyl (C=O) groups is 2. The van der Waals surface area contributed by atoms with Gasteiger partial charge in [0.05, 0.1) is 7.11 Å². The second-order valence-corrected chi connectivity index (χ2v) is 3.94. The Morgan fingerprint density at radius 2 is 2.06 bits per heavy atom. The van der Waals surface area contributed by atoms with E-state index in [0.29, 0.717) is 5.56 Å². The van der Waals surface area contributed by atoms with Crippen LogP contribution in [0.25, 0.3) is 0 Å². The predicted molar refractivity (Wildman–Crippen MR) is 67.0 cm³/mol. The average Bonchev–Trinajstić information content (AvgIpc) is 2.36. The molecular formula is C13H17NO4. The molecule has 0 atom stereocenters. The Morgan fingerprint density at radius 1 is 1.39 bits per heavy atom. The van der Waals surface area contributed by atoms with Gasteiger partial charge in [0.2, 0.25) is 0 Å². The van der Waals surface area contributed by atoms with Gasteiger partial charge in [-0.1, -0.05) is 6.92 Å². The van der Waals surface area contributed by atoms with Crippen LogP contribution in [0.1, 0.15) is 22.8 Å². The molecule has 5 heteroatoms. The van der Waals surface area contributed by atoms with Crippen molar-refractivity contribution in [2.24, 2.45) is 0 Å². The van der Waals surface area contributed by atoms with Gasteiger partial charge in [0.1, 0.15) is 12.3 Å². The van der Waals surface area contributed by atoms with Crippen molar-refractivity contribution in [3.63, 3.8) is 0 Å². The van der Waals surface area contributed by atoms with Crippen LogP contribution < -0.4 is 4.74 Å². The van der Waals surface area contributed by atoms with Gasteiger partial charge in [-0.15, -0.1) is 0 Å². The zero-order chi connectivity index (χ0) is 13.7. The van der Waals surface area contributed by atoms with E-state index in [2.05, 4.69) is 0 Å². The lowest BCUT2D eigenvalue weighted by atomic mass is 10.1. The lowest BCUT2D eigenvalue weighted by Gasteiger charge is -2.16. The van der Waals surface area contributed by atoms with Gasteiger partial charge in [-0.25, -0.2) is 0 Å². The molecule has 1 amide bonds. The highest BCUT2D eigenvalue weighted by Gasteiger charge is 2.15. The summed E-state index contributed by atoms with van der Waals surface area (Å²) in [4.78, 5) is 23.7. The van der Waals surface area contributed by atoms with E-state index in [0.717, 1.165) is 17.7 Å². The number of hydrogen-bond donors (Lipinski definition) is 1. The van der Waals surface area contributed by atoms with Gasteiger partial charge < -0.3 is 14.7 Å². The van der Waals surface area contributed by atoms with Crippen molar-refractivity contribution >= 4 is 11.9 Å². The maximum absolute atomic E-state index is 12.0. The molecule has 0 radical (unpaired) electrons. The molecule has 0 aromatic heterocycles. The van der Waals surface area contributed by atoms with Crippen molar-refractivity contribution in [2.75, 3.05) is 20.7 Å². The fourth-order valence-electron chi connectivity index (χ4n) is 1.68. The van der Waals surface area contributed by atoms with Crippen molar-refractivity contribution in [3.8, 4) is 5.75 Å². The molecule has 0 bridgehead atoms. The molecule has 0 fully saturated rings. The number of amides is 1. The Labute approximate surface area is 106 Å². The summed E-state index contributed by atoms with van der Waals surface area (Å²) in [5.41, 5.74) is 1.39. The first-order valence-electron chi connectivity index (χ1n) is 5.63. The molecule has 1 aromatic rings. The van der Waals surface area contributed by atoms with E-state index in [1.807, 2.05) is 6.92 Å². The lowest BCUT2D eigenvalue weighted by molar-refractivity contribution is -0.137. The molecule has 98 valence electrons. The standard InChI is InChI=1S/C13H17NO4/c1-4-9-7-10(5-6-11(9)18-3)13(17)14(2)8-12(15)16/h5-7H,4,8H2,1-3H3,(H,15,16). The number of likely N-dealkylation sites (N-methyl/N-ethyl adjacent to an activating group) is 1. The van der Waals surface area contributed by atoms with Crippen LogP contribution in [0, 0.1) is 0 Å². The van der Waals surface area contributed by atoms with E-state index in [9.17, 15) is 9.59 Å². The summed E-state index contributed by atoms with van der Waals surface area (Å²) in [7, 11) is 3.04. The number of aryl methyl sites for hydroxylation is 1. The van der Waals surface area contributed by atoms with Gasteiger partial charge in [-0.05, 0) is 30.2 Å². The molecule has 18 heavy (non-hydrogen) atoms. The largest absolute Gasteiger partial charge is 0.496 e. The molecule has 1 rings (SSSR count). The first-order valence-corrected chi connectivity index (χ1v) is 5.63. The highest BCUT2D eigenvalue weighted by Crippen LogP contribution is 2.20. The van der Waals surface area contributed by atoms with E-state index in [4.69, 9.17) is 9.84 Å². The third kappa shape index (κ3) is 3.23. The molecule has 0 heterocycles. The van der Waals surface area contributed by atoms with Crippen LogP contribution in [-0.4, -0.2) is 42.6 Å². The number of methoxy groups -OCH3 is 1. The van der Waals surface area contributed by atoms with E-state index >= 15 is 0 Å². The summed E-state index contributed by atoms with van der Waals surface area (Å²) in [5, 5.41) is 8.65. The second-order valence-electron chi connectivity index (χ2n) is 3.94. The summed E-state index contributed by atoms with van der Waals surface area (Å²) >= 11 is 0. The minimum Gasteiger partial charge on any atom is -0.496 e. The maximum atomic E-state index is 12.0. The van der Waals surface area contributed by atoms with Crippen LogP contribution in [0.4, 0.5) is 0 Å². The highest BCUT2D eigenvalue weighted by molar-refractivity contribution is 5.96. The van der Waals surface area contributed by atoms with Gasteiger partial charge in [-0.3, -0.25) is 9.59 Å². The SMILES string of the molecule is CCc1cc(C(=O)N(C)CC(=O)O)ccc1OC. The molecular weight excluding hydrogens is 234 g/mol. The third-order valence-corrected chi connectivity index (χ3v) is 2.63. The molecule has 0 unspecified atom stereocenters. The van der Waals surface area contributed by atoms with Crippen LogP contribution in [0.5, 0.6) is 5.75 Å². The zero-order valence-corrected chi connectivity index (χ0v) is 10.8. The smallest absolute Gasteiger partial charge is 0.323 e. The van der Waals surface area contributed by atoms with E-state index in [1.165, 1.54) is 11.9 Å². The van der Waals surface area contributed by atoms with Gasteiger partial charge in [0.15, 0.2) is 0 Å². The second kappa shape index (κ2) is 6.05. The molecule has 0 aliphatic carbocycles. The molecule has 1 N–H and O–H groups in total. The minimum absolute atomic E-state index is 0.310. The maximum Gasteiger partial charge on any atom is 0.323 e. The van der Waals surface area contributed by atoms with Gasteiger partial charge in [0.25, 0.3) is 5.91 Å². The van der Waals surface area contributed by atoms with E-state index in [-0.39, 0.29) is 12.5 Å². The number of ether oxygens (including phenoxy) is 1. The van der Waals surface area contributed by atoms with E-state index in [1.54, 1.807) is 25.3 Å². The van der Waals surface area contributed by atoms with Crippen LogP contribution in [0.2, 0.25) is 0 Å². The average molecular weight is 251 g/mol. The highest BCUT2D eigenvalue weighted by atomic mass is 16.5. The number of benzene rings is 1. The molecule has 5 nitrogen and oxygen atoms in total. The van der Waals surface area contributed by atoms with Gasteiger partial charge in [-0.2, -0.15) is 0 Å². The quantitative estimate of drug-likeness (QED) is 0.859. The summed E-state index contributed by atoms with van der Waals surface area (Å²) < 4.78 is 5.18. The number of aliphatic carboxylic acids is 1. The summed E-state index contributed by atoms with van der Waals surface area (Å²) in [6.07, 6.45) is 0.743. The lowest BCUT2D eigenvalue weighted by Crippen LogP contribution is -2.31. The molecule has 0 spiro atoms. The Bertz CT molecular complexity index is 456. The zero-order valence-electron chi connectivity index (χ0n) is 10.8. The number of carboxylic acids is 1. The van der Waals surface area contributed by atoms with Gasteiger partial charge >= 0.3 is 5.97 Å². The third-order valence-electron chi connectivity index (χ3n) is 2.63. The first-order chi connectivity index (χ1) is 8.49. The topological polar surface area (TPSA) is 66.8 Å². The van der Waals surface area contributed by atoms with Crippen LogP contribution in [-0.2, 0) is 11.2 Å². The Balaban J connectivity index is 2.96. The molecule has 0 saturated heterocycles. The normalized spacial score (nSPS) is 9.94. The fraction of sp³-hybridized carbons (Fsp3) is 0.385. The molecule has 0 aliphatic rings. The molecule has 0 aliphatic heterocycles. The number of rotatable bonds is 5.